The standard InChI is InChI=1S/C26H31F3N2O5S.C24H27F3N2O5S.C18H25NO3/c1-6-12-25(5)14-19(32)21(23(33)35-25)22(24(2,3)4)16-8-7-9-18(13-16)31-37(34)36-20-11-10-17(15-30-20)26(27,28)29;1-4-11-23(3)13-19(30)21(22(31)33-23)18(5-2)15-7-6-8-17(12-15)29-35(32)34-20-10-9-16(14-28-20)24(25,26)27;1-4-9-18(3)11-15(20)16(17(21)22-18)14(5-2)12-7-6-8-13(19)10-12/h7-11,13,15,22,31-32H,6,12,14H2,1-5H3;6-10,12,14,18,29-30H,4-5,11,13H2,1-3H3;6-8,10,14,20H,4-5,9,11,19H2,1-3H3/t22-,25?,37?;;/m0../s1. The van der Waals surface area contributed by atoms with Crippen LogP contribution in [0.25, 0.3) is 0 Å². The normalized spacial score (nSPS) is 21.0. The fourth-order valence-corrected chi connectivity index (χ4v) is 13.1. The predicted octanol–water partition coefficient (Wildman–Crippen LogP) is 16.7. The third kappa shape index (κ3) is 20.0. The zero-order chi connectivity index (χ0) is 69.7. The average Bonchev–Trinajstić information content (AvgIpc) is 0.781. The van der Waals surface area contributed by atoms with Crippen molar-refractivity contribution in [3.8, 4) is 11.8 Å². The molecule has 5 aromatic rings. The number of nitrogens with two attached hydrogens (primary N) is 1. The van der Waals surface area contributed by atoms with Gasteiger partial charge in [0.1, 0.15) is 34.1 Å². The number of carbonyl (C=O) groups excluding carboxylic acids is 3. The second kappa shape index (κ2) is 31.4. The van der Waals surface area contributed by atoms with Crippen LogP contribution in [0.3, 0.4) is 0 Å². The number of aliphatic hydroxyl groups is 3. The van der Waals surface area contributed by atoms with E-state index in [4.69, 9.17) is 28.3 Å². The molecule has 7 unspecified atom stereocenters. The number of anilines is 3. The summed E-state index contributed by atoms with van der Waals surface area (Å²) in [5, 5.41) is 32.2. The number of hydrogen-bond acceptors (Lipinski definition) is 16. The number of benzene rings is 3. The molecule has 26 heteroatoms. The number of aliphatic hydroxyl groups excluding tert-OH is 3. The van der Waals surface area contributed by atoms with Gasteiger partial charge in [-0.3, -0.25) is 9.44 Å². The molecule has 5 heterocycles. The molecule has 2 aromatic heterocycles. The molecule has 3 aromatic carbocycles. The Morgan fingerprint density at radius 3 is 1.21 bits per heavy atom. The summed E-state index contributed by atoms with van der Waals surface area (Å²) in [4.78, 5) is 45.5. The molecule has 0 fully saturated rings. The highest BCUT2D eigenvalue weighted by Gasteiger charge is 2.45. The zero-order valence-electron chi connectivity index (χ0n) is 54.4. The lowest BCUT2D eigenvalue weighted by molar-refractivity contribution is -0.159. The van der Waals surface area contributed by atoms with E-state index in [2.05, 4.69) is 19.4 Å². The number of nitrogens with zero attached hydrogens (tertiary/aromatic N) is 2. The molecule has 7 N–H and O–H groups in total. The van der Waals surface area contributed by atoms with E-state index in [-0.39, 0.29) is 58.9 Å². The van der Waals surface area contributed by atoms with Gasteiger partial charge in [-0.1, -0.05) is 111 Å². The molecule has 0 radical (unpaired) electrons. The van der Waals surface area contributed by atoms with Gasteiger partial charge in [-0.25, -0.2) is 24.4 Å². The van der Waals surface area contributed by atoms with E-state index in [1.54, 1.807) is 62.4 Å². The minimum atomic E-state index is -4.55. The summed E-state index contributed by atoms with van der Waals surface area (Å²) < 4.78 is 133. The summed E-state index contributed by atoms with van der Waals surface area (Å²) in [7, 11) is 0. The highest BCUT2D eigenvalue weighted by atomic mass is 32.2. The number of hydrogen-bond donors (Lipinski definition) is 6. The summed E-state index contributed by atoms with van der Waals surface area (Å²) in [6, 6.07) is 24.5. The molecule has 0 aliphatic carbocycles. The van der Waals surface area contributed by atoms with Crippen molar-refractivity contribution in [2.45, 2.75) is 194 Å². The van der Waals surface area contributed by atoms with Gasteiger partial charge < -0.3 is 43.6 Å². The first-order valence-electron chi connectivity index (χ1n) is 30.8. The molecule has 0 spiro atoms. The average molecular weight is 1360 g/mol. The van der Waals surface area contributed by atoms with Crippen molar-refractivity contribution in [1.29, 1.82) is 0 Å². The Kier molecular flexibility index (Phi) is 25.0. The molecule has 0 saturated heterocycles. The van der Waals surface area contributed by atoms with Crippen molar-refractivity contribution in [2.24, 2.45) is 5.41 Å². The lowest BCUT2D eigenvalue weighted by atomic mass is 9.70. The number of ether oxygens (including phenoxy) is 3. The number of halogens is 6. The molecular formula is C68H83F6N5O13S2. The summed E-state index contributed by atoms with van der Waals surface area (Å²) in [6.45, 7) is 21.1. The van der Waals surface area contributed by atoms with Gasteiger partial charge in [0, 0.05) is 78.6 Å². The quantitative estimate of drug-likeness (QED) is 0.0163. The van der Waals surface area contributed by atoms with Gasteiger partial charge in [0.15, 0.2) is 0 Å². The molecule has 3 aliphatic heterocycles. The summed E-state index contributed by atoms with van der Waals surface area (Å²) in [5.41, 5.74) is 5.75. The topological polar surface area (TPSA) is 268 Å². The minimum absolute atomic E-state index is 0.00250. The molecule has 94 heavy (non-hydrogen) atoms. The van der Waals surface area contributed by atoms with Crippen LogP contribution >= 0.6 is 0 Å². The van der Waals surface area contributed by atoms with Crippen LogP contribution in [-0.4, -0.2) is 68.4 Å². The molecule has 512 valence electrons. The number of cyclic esters (lactones) is 3. The Hall–Kier alpha value is -8.13. The maximum atomic E-state index is 13.1. The van der Waals surface area contributed by atoms with E-state index in [0.717, 1.165) is 55.5 Å². The Morgan fingerprint density at radius 1 is 0.543 bits per heavy atom. The number of nitrogen functional groups attached to an aromatic ring is 1. The molecule has 0 bridgehead atoms. The van der Waals surface area contributed by atoms with Crippen LogP contribution in [0.2, 0.25) is 0 Å². The third-order valence-corrected chi connectivity index (χ3v) is 17.4. The SMILES string of the molecule is CCCC1(C)CC(O)=C(C(CC)c2cccc(N)c2)C(=O)O1.CCCC1(C)CC(O)=C(C(CC)c2cccc(NS(=O)Oc3ccc(C(F)(F)F)cn3)c2)C(=O)O1.CCCC1(C)CC(O)=C([C@H](c2cccc(NS(=O)Oc3ccc(C(F)(F)F)cn3)c2)C(C)(C)C)C(=O)O1. The number of alkyl halides is 6. The minimum Gasteiger partial charge on any atom is -0.512 e. The number of rotatable bonds is 22. The van der Waals surface area contributed by atoms with E-state index < -0.39 is 98.0 Å². The van der Waals surface area contributed by atoms with Crippen LogP contribution in [0, 0.1) is 5.41 Å². The maximum absolute atomic E-state index is 13.1. The first-order chi connectivity index (χ1) is 44.0. The monoisotopic (exact) mass is 1360 g/mol. The molecule has 18 nitrogen and oxygen atoms in total. The van der Waals surface area contributed by atoms with E-state index >= 15 is 0 Å². The number of nitrogens with one attached hydrogen (secondary N) is 2. The summed E-state index contributed by atoms with van der Waals surface area (Å²) in [5.74, 6) is -3.08. The molecule has 8 atom stereocenters. The largest absolute Gasteiger partial charge is 0.512 e. The first kappa shape index (κ1) is 74.9. The highest BCUT2D eigenvalue weighted by molar-refractivity contribution is 7.82. The van der Waals surface area contributed by atoms with Crippen molar-refractivity contribution in [3.63, 3.8) is 0 Å². The van der Waals surface area contributed by atoms with E-state index in [9.17, 15) is 64.5 Å². The van der Waals surface area contributed by atoms with Crippen LogP contribution in [0.4, 0.5) is 43.4 Å². The van der Waals surface area contributed by atoms with Crippen molar-refractivity contribution in [3.05, 3.63) is 171 Å². The summed E-state index contributed by atoms with van der Waals surface area (Å²) in [6.07, 6.45) is -1.39. The van der Waals surface area contributed by atoms with Gasteiger partial charge in [-0.2, -0.15) is 34.8 Å². The molecule has 0 amide bonds. The van der Waals surface area contributed by atoms with Crippen LogP contribution in [0.15, 0.2) is 143 Å². The van der Waals surface area contributed by atoms with Gasteiger partial charge in [0.05, 0.1) is 27.8 Å². The lowest BCUT2D eigenvalue weighted by Gasteiger charge is -2.39. The van der Waals surface area contributed by atoms with Crippen molar-refractivity contribution in [1.82, 2.24) is 9.97 Å². The van der Waals surface area contributed by atoms with Gasteiger partial charge in [-0.05, 0) is 124 Å². The second-order valence-corrected chi connectivity index (χ2v) is 26.8. The first-order valence-corrected chi connectivity index (χ1v) is 32.9. The second-order valence-electron chi connectivity index (χ2n) is 25.1. The summed E-state index contributed by atoms with van der Waals surface area (Å²) >= 11 is -4.32. The number of aromatic nitrogens is 2. The molecule has 0 saturated carbocycles. The molecular weight excluding hydrogens is 1270 g/mol. The van der Waals surface area contributed by atoms with Gasteiger partial charge in [-0.15, -0.1) is 0 Å². The van der Waals surface area contributed by atoms with Crippen LogP contribution in [0.1, 0.15) is 192 Å². The van der Waals surface area contributed by atoms with Gasteiger partial charge in [0.2, 0.25) is 11.8 Å². The Balaban J connectivity index is 0.000000231. The zero-order valence-corrected chi connectivity index (χ0v) is 56.0. The van der Waals surface area contributed by atoms with Crippen molar-refractivity contribution < 1.29 is 87.0 Å². The lowest BCUT2D eigenvalue weighted by Crippen LogP contribution is -2.40. The Bertz CT molecular complexity index is 3630. The smallest absolute Gasteiger partial charge is 0.417 e. The van der Waals surface area contributed by atoms with Crippen LogP contribution in [-0.2, 0) is 63.5 Å². The Morgan fingerprint density at radius 2 is 0.894 bits per heavy atom. The number of carbonyl (C=O) groups is 3. The van der Waals surface area contributed by atoms with Crippen LogP contribution < -0.4 is 23.5 Å². The van der Waals surface area contributed by atoms with Crippen LogP contribution in [0.5, 0.6) is 11.8 Å². The number of pyridine rings is 2. The predicted molar refractivity (Wildman–Crippen MR) is 346 cm³/mol. The van der Waals surface area contributed by atoms with E-state index in [1.807, 2.05) is 86.6 Å². The van der Waals surface area contributed by atoms with Crippen molar-refractivity contribution in [2.75, 3.05) is 15.2 Å². The van der Waals surface area contributed by atoms with E-state index in [0.29, 0.717) is 78.3 Å². The van der Waals surface area contributed by atoms with Gasteiger partial charge in [0.25, 0.3) is 0 Å². The molecule has 8 rings (SSSR count). The number of esters is 3. The Labute approximate surface area is 549 Å². The fraction of sp³-hybridized carbons (Fsp3) is 0.456. The highest BCUT2D eigenvalue weighted by Crippen LogP contribution is 2.48. The van der Waals surface area contributed by atoms with E-state index in [1.165, 1.54) is 0 Å². The third-order valence-electron chi connectivity index (χ3n) is 15.9. The fourth-order valence-electron chi connectivity index (χ4n) is 11.9. The van der Waals surface area contributed by atoms with Gasteiger partial charge >= 0.3 is 52.8 Å². The van der Waals surface area contributed by atoms with Crippen molar-refractivity contribution >= 4 is 57.5 Å². The maximum Gasteiger partial charge on any atom is 0.417 e. The molecule has 3 aliphatic rings.